The zero-order valence-electron chi connectivity index (χ0n) is 5.35. The van der Waals surface area contributed by atoms with Crippen LogP contribution in [-0.2, 0) is 0 Å². The van der Waals surface area contributed by atoms with Crippen LogP contribution in [0.5, 0.6) is 0 Å². The van der Waals surface area contributed by atoms with Gasteiger partial charge in [-0.15, -0.1) is 0 Å². The van der Waals surface area contributed by atoms with Crippen molar-refractivity contribution >= 4 is 0 Å². The molecular formula is C7H13N. The van der Waals surface area contributed by atoms with Gasteiger partial charge >= 0.3 is 0 Å². The van der Waals surface area contributed by atoms with Crippen LogP contribution in [-0.4, -0.2) is 6.04 Å². The van der Waals surface area contributed by atoms with Gasteiger partial charge < -0.3 is 5.73 Å². The first-order chi connectivity index (χ1) is 3.75. The molecule has 0 aliphatic heterocycles. The molecule has 2 aliphatic carbocycles. The average Bonchev–Trinajstić information content (AvgIpc) is 2.50. The molecule has 0 aromatic carbocycles. The fraction of sp³-hybridized carbons (Fsp3) is 1.00. The van der Waals surface area contributed by atoms with Gasteiger partial charge in [0.15, 0.2) is 0 Å². The van der Waals surface area contributed by atoms with Gasteiger partial charge in [0.1, 0.15) is 0 Å². The topological polar surface area (TPSA) is 26.0 Å². The quantitative estimate of drug-likeness (QED) is 0.539. The Balaban J connectivity index is 1.96. The Labute approximate surface area is 50.3 Å². The van der Waals surface area contributed by atoms with Crippen LogP contribution in [0, 0.1) is 11.3 Å². The van der Waals surface area contributed by atoms with Gasteiger partial charge in [0.25, 0.3) is 0 Å². The highest BCUT2D eigenvalue weighted by Crippen LogP contribution is 2.71. The molecule has 2 rings (SSSR count). The first kappa shape index (κ1) is 4.80. The van der Waals surface area contributed by atoms with Crippen LogP contribution in [0.4, 0.5) is 0 Å². The van der Waals surface area contributed by atoms with E-state index in [1.54, 1.807) is 0 Å². The minimum absolute atomic E-state index is 0.470. The summed E-state index contributed by atoms with van der Waals surface area (Å²) in [5, 5.41) is 0. The Morgan fingerprint density at radius 2 is 2.25 bits per heavy atom. The first-order valence-corrected chi connectivity index (χ1v) is 3.50. The minimum atomic E-state index is 0.470. The summed E-state index contributed by atoms with van der Waals surface area (Å²) < 4.78 is 0. The van der Waals surface area contributed by atoms with Gasteiger partial charge in [0, 0.05) is 6.04 Å². The molecule has 46 valence electrons. The van der Waals surface area contributed by atoms with E-state index in [1.807, 2.05) is 0 Å². The summed E-state index contributed by atoms with van der Waals surface area (Å²) in [6.07, 6.45) is 4.38. The van der Waals surface area contributed by atoms with Crippen molar-refractivity contribution < 1.29 is 0 Å². The summed E-state index contributed by atoms with van der Waals surface area (Å²) in [5.74, 6) is 0.905. The van der Waals surface area contributed by atoms with E-state index in [-0.39, 0.29) is 0 Å². The molecule has 0 radical (unpaired) electrons. The van der Waals surface area contributed by atoms with E-state index in [0.29, 0.717) is 6.04 Å². The molecule has 0 aromatic rings. The molecule has 2 N–H and O–H groups in total. The molecule has 1 spiro atoms. The van der Waals surface area contributed by atoms with Crippen molar-refractivity contribution in [2.75, 3.05) is 0 Å². The van der Waals surface area contributed by atoms with E-state index in [0.717, 1.165) is 11.3 Å². The maximum Gasteiger partial charge on any atom is 0.00442 e. The van der Waals surface area contributed by atoms with Crippen molar-refractivity contribution in [1.82, 2.24) is 0 Å². The van der Waals surface area contributed by atoms with Crippen LogP contribution in [0.25, 0.3) is 0 Å². The zero-order chi connectivity index (χ0) is 5.78. The van der Waals surface area contributed by atoms with E-state index in [9.17, 15) is 0 Å². The second-order valence-electron chi connectivity index (χ2n) is 3.53. The van der Waals surface area contributed by atoms with Crippen LogP contribution in [0.2, 0.25) is 0 Å². The second kappa shape index (κ2) is 1.10. The van der Waals surface area contributed by atoms with Crippen molar-refractivity contribution in [3.63, 3.8) is 0 Å². The molecule has 0 aromatic heterocycles. The van der Waals surface area contributed by atoms with Gasteiger partial charge in [-0.05, 0) is 37.5 Å². The third-order valence-electron chi connectivity index (χ3n) is 2.78. The lowest BCUT2D eigenvalue weighted by molar-refractivity contribution is 0.585. The summed E-state index contributed by atoms with van der Waals surface area (Å²) in [6, 6.07) is 0.470. The molecule has 2 fully saturated rings. The summed E-state index contributed by atoms with van der Waals surface area (Å²) in [5.41, 5.74) is 6.53. The molecule has 0 amide bonds. The fourth-order valence-electron chi connectivity index (χ4n) is 1.86. The highest BCUT2D eigenvalue weighted by Gasteiger charge is 2.63. The zero-order valence-corrected chi connectivity index (χ0v) is 5.35. The summed E-state index contributed by atoms with van der Waals surface area (Å²) in [7, 11) is 0. The lowest BCUT2D eigenvalue weighted by atomic mass is 10.2. The maximum atomic E-state index is 5.71. The molecule has 8 heavy (non-hydrogen) atoms. The van der Waals surface area contributed by atoms with Crippen molar-refractivity contribution in [2.45, 2.75) is 32.2 Å². The second-order valence-corrected chi connectivity index (χ2v) is 3.53. The Kier molecular flexibility index (Phi) is 0.663. The average molecular weight is 111 g/mol. The summed E-state index contributed by atoms with van der Waals surface area (Å²) in [4.78, 5) is 0. The van der Waals surface area contributed by atoms with Crippen LogP contribution >= 0.6 is 0 Å². The molecule has 0 heterocycles. The molecule has 1 nitrogen and oxygen atoms in total. The smallest absolute Gasteiger partial charge is 0.00442 e. The van der Waals surface area contributed by atoms with Crippen LogP contribution in [0.15, 0.2) is 0 Å². The third kappa shape index (κ3) is 0.455. The van der Waals surface area contributed by atoms with E-state index in [1.165, 1.54) is 19.3 Å². The Bertz CT molecular complexity index is 114. The third-order valence-corrected chi connectivity index (χ3v) is 2.78. The molecule has 2 atom stereocenters. The van der Waals surface area contributed by atoms with Gasteiger partial charge in [-0.3, -0.25) is 0 Å². The molecule has 1 heteroatoms. The van der Waals surface area contributed by atoms with E-state index < -0.39 is 0 Å². The summed E-state index contributed by atoms with van der Waals surface area (Å²) in [6.45, 7) is 2.14. The largest absolute Gasteiger partial charge is 0.328 e. The normalized spacial score (nSPS) is 42.0. The molecule has 0 saturated heterocycles. The van der Waals surface area contributed by atoms with Crippen LogP contribution < -0.4 is 5.73 Å². The predicted octanol–water partition coefficient (Wildman–Crippen LogP) is 1.13. The van der Waals surface area contributed by atoms with Crippen molar-refractivity contribution in [1.29, 1.82) is 0 Å². The predicted molar refractivity (Wildman–Crippen MR) is 33.4 cm³/mol. The SMILES string of the molecule is CC(N)C1CC12CC2. The highest BCUT2D eigenvalue weighted by molar-refractivity contribution is 5.14. The van der Waals surface area contributed by atoms with Crippen LogP contribution in [0.1, 0.15) is 26.2 Å². The molecule has 2 saturated carbocycles. The molecule has 0 bridgehead atoms. The number of hydrogen-bond acceptors (Lipinski definition) is 1. The molecule has 2 aliphatic rings. The standard InChI is InChI=1S/C7H13N/c1-5(8)6-4-7(6)2-3-7/h5-6H,2-4,8H2,1H3. The monoisotopic (exact) mass is 111 g/mol. The van der Waals surface area contributed by atoms with Gasteiger partial charge in [-0.25, -0.2) is 0 Å². The van der Waals surface area contributed by atoms with Gasteiger partial charge in [-0.1, -0.05) is 0 Å². The Hall–Kier alpha value is -0.0400. The van der Waals surface area contributed by atoms with Crippen molar-refractivity contribution in [2.24, 2.45) is 17.1 Å². The van der Waals surface area contributed by atoms with E-state index in [2.05, 4.69) is 6.92 Å². The van der Waals surface area contributed by atoms with Crippen molar-refractivity contribution in [3.05, 3.63) is 0 Å². The Morgan fingerprint density at radius 1 is 1.62 bits per heavy atom. The minimum Gasteiger partial charge on any atom is -0.328 e. The number of rotatable bonds is 1. The van der Waals surface area contributed by atoms with E-state index in [4.69, 9.17) is 5.73 Å². The lowest BCUT2D eigenvalue weighted by Crippen LogP contribution is -2.18. The van der Waals surface area contributed by atoms with Gasteiger partial charge in [0.05, 0.1) is 0 Å². The van der Waals surface area contributed by atoms with Crippen LogP contribution in [0.3, 0.4) is 0 Å². The molecule has 2 unspecified atom stereocenters. The number of hydrogen-bond donors (Lipinski definition) is 1. The van der Waals surface area contributed by atoms with Gasteiger partial charge in [0.2, 0.25) is 0 Å². The first-order valence-electron chi connectivity index (χ1n) is 3.50. The van der Waals surface area contributed by atoms with E-state index >= 15 is 0 Å². The van der Waals surface area contributed by atoms with Gasteiger partial charge in [-0.2, -0.15) is 0 Å². The molecular weight excluding hydrogens is 98.1 g/mol. The van der Waals surface area contributed by atoms with Crippen molar-refractivity contribution in [3.8, 4) is 0 Å². The summed E-state index contributed by atoms with van der Waals surface area (Å²) >= 11 is 0. The lowest BCUT2D eigenvalue weighted by Gasteiger charge is -1.99. The maximum absolute atomic E-state index is 5.71. The fourth-order valence-corrected chi connectivity index (χ4v) is 1.86. The Morgan fingerprint density at radius 3 is 2.38 bits per heavy atom. The number of nitrogens with two attached hydrogens (primary N) is 1. The highest BCUT2D eigenvalue weighted by atomic mass is 14.8.